The van der Waals surface area contributed by atoms with E-state index in [1.165, 1.54) is 12.1 Å². The first kappa shape index (κ1) is 13.6. The van der Waals surface area contributed by atoms with Gasteiger partial charge < -0.3 is 10.6 Å². The van der Waals surface area contributed by atoms with Gasteiger partial charge in [-0.25, -0.2) is 4.39 Å². The van der Waals surface area contributed by atoms with Crippen molar-refractivity contribution in [1.29, 1.82) is 0 Å². The van der Waals surface area contributed by atoms with Gasteiger partial charge in [-0.05, 0) is 48.7 Å². The topological polar surface area (TPSA) is 41.1 Å². The van der Waals surface area contributed by atoms with E-state index in [0.717, 1.165) is 29.8 Å². The van der Waals surface area contributed by atoms with Gasteiger partial charge in [0.1, 0.15) is 5.82 Å². The summed E-state index contributed by atoms with van der Waals surface area (Å²) in [7, 11) is 0. The minimum atomic E-state index is -0.294. The molecule has 21 heavy (non-hydrogen) atoms. The number of benzene rings is 2. The van der Waals surface area contributed by atoms with E-state index in [9.17, 15) is 9.18 Å². The van der Waals surface area contributed by atoms with Crippen LogP contribution in [0, 0.1) is 12.7 Å². The summed E-state index contributed by atoms with van der Waals surface area (Å²) in [5, 5.41) is 6.22. The molecule has 1 unspecified atom stereocenters. The second-order valence-corrected chi connectivity index (χ2v) is 5.30. The van der Waals surface area contributed by atoms with Gasteiger partial charge in [0, 0.05) is 17.9 Å². The fraction of sp³-hybridized carbons (Fsp3) is 0.235. The Labute approximate surface area is 123 Å². The van der Waals surface area contributed by atoms with E-state index < -0.39 is 0 Å². The SMILES string of the molecule is Cc1cc(F)ccc1NC(=O)C1CCNc2ccccc21. The molecule has 1 aliphatic rings. The highest BCUT2D eigenvalue weighted by Crippen LogP contribution is 2.32. The fourth-order valence-electron chi connectivity index (χ4n) is 2.73. The summed E-state index contributed by atoms with van der Waals surface area (Å²) in [5.41, 5.74) is 3.42. The van der Waals surface area contributed by atoms with Crippen LogP contribution in [-0.4, -0.2) is 12.5 Å². The van der Waals surface area contributed by atoms with E-state index in [1.54, 1.807) is 13.0 Å². The largest absolute Gasteiger partial charge is 0.385 e. The van der Waals surface area contributed by atoms with Crippen molar-refractivity contribution in [1.82, 2.24) is 0 Å². The highest BCUT2D eigenvalue weighted by Gasteiger charge is 2.26. The Morgan fingerprint density at radius 3 is 2.90 bits per heavy atom. The molecule has 0 aliphatic carbocycles. The van der Waals surface area contributed by atoms with Gasteiger partial charge in [0.25, 0.3) is 0 Å². The van der Waals surface area contributed by atoms with Crippen molar-refractivity contribution in [2.75, 3.05) is 17.2 Å². The molecule has 2 N–H and O–H groups in total. The summed E-state index contributed by atoms with van der Waals surface area (Å²) in [5.74, 6) is -0.511. The molecule has 3 rings (SSSR count). The molecule has 1 atom stereocenters. The molecule has 2 aromatic rings. The molecular weight excluding hydrogens is 267 g/mol. The van der Waals surface area contributed by atoms with E-state index in [-0.39, 0.29) is 17.6 Å². The first-order valence-corrected chi connectivity index (χ1v) is 7.05. The first-order chi connectivity index (χ1) is 10.1. The van der Waals surface area contributed by atoms with Crippen LogP contribution in [0.3, 0.4) is 0 Å². The Morgan fingerprint density at radius 2 is 2.10 bits per heavy atom. The molecular formula is C17H17FN2O. The normalized spacial score (nSPS) is 16.8. The van der Waals surface area contributed by atoms with Crippen LogP contribution in [0.1, 0.15) is 23.5 Å². The van der Waals surface area contributed by atoms with Gasteiger partial charge in [0.2, 0.25) is 5.91 Å². The fourth-order valence-corrected chi connectivity index (χ4v) is 2.73. The average Bonchev–Trinajstić information content (AvgIpc) is 2.49. The van der Waals surface area contributed by atoms with Crippen molar-refractivity contribution < 1.29 is 9.18 Å². The second-order valence-electron chi connectivity index (χ2n) is 5.30. The third-order valence-corrected chi connectivity index (χ3v) is 3.85. The maximum atomic E-state index is 13.1. The van der Waals surface area contributed by atoms with E-state index >= 15 is 0 Å². The molecule has 1 aliphatic heterocycles. The van der Waals surface area contributed by atoms with Gasteiger partial charge >= 0.3 is 0 Å². The molecule has 2 aromatic carbocycles. The number of carbonyl (C=O) groups is 1. The van der Waals surface area contributed by atoms with Crippen LogP contribution < -0.4 is 10.6 Å². The van der Waals surface area contributed by atoms with E-state index in [2.05, 4.69) is 10.6 Å². The highest BCUT2D eigenvalue weighted by molar-refractivity contribution is 5.97. The third-order valence-electron chi connectivity index (χ3n) is 3.85. The molecule has 0 bridgehead atoms. The van der Waals surface area contributed by atoms with Crippen molar-refractivity contribution >= 4 is 17.3 Å². The Morgan fingerprint density at radius 1 is 1.29 bits per heavy atom. The molecule has 3 nitrogen and oxygen atoms in total. The zero-order chi connectivity index (χ0) is 14.8. The molecule has 0 fully saturated rings. The van der Waals surface area contributed by atoms with Crippen LogP contribution in [0.5, 0.6) is 0 Å². The molecule has 0 aromatic heterocycles. The van der Waals surface area contributed by atoms with Crippen molar-refractivity contribution in [3.63, 3.8) is 0 Å². The number of carbonyl (C=O) groups excluding carboxylic acids is 1. The van der Waals surface area contributed by atoms with Crippen LogP contribution >= 0.6 is 0 Å². The minimum absolute atomic E-state index is 0.0429. The lowest BCUT2D eigenvalue weighted by atomic mass is 9.90. The number of anilines is 2. The minimum Gasteiger partial charge on any atom is -0.385 e. The van der Waals surface area contributed by atoms with Gasteiger partial charge in [-0.2, -0.15) is 0 Å². The van der Waals surface area contributed by atoms with Crippen LogP contribution in [0.25, 0.3) is 0 Å². The standard InChI is InChI=1S/C17H17FN2O/c1-11-10-12(18)6-7-15(11)20-17(21)14-8-9-19-16-5-3-2-4-13(14)16/h2-7,10,14,19H,8-9H2,1H3,(H,20,21). The Bertz CT molecular complexity index is 684. The van der Waals surface area contributed by atoms with Crippen molar-refractivity contribution in [2.45, 2.75) is 19.3 Å². The van der Waals surface area contributed by atoms with E-state index in [1.807, 2.05) is 24.3 Å². The number of fused-ring (bicyclic) bond motifs is 1. The molecule has 108 valence electrons. The van der Waals surface area contributed by atoms with Crippen molar-refractivity contribution in [3.05, 3.63) is 59.4 Å². The number of amides is 1. The van der Waals surface area contributed by atoms with Gasteiger partial charge in [-0.15, -0.1) is 0 Å². The molecule has 0 radical (unpaired) electrons. The highest BCUT2D eigenvalue weighted by atomic mass is 19.1. The van der Waals surface area contributed by atoms with Crippen LogP contribution in [0.4, 0.5) is 15.8 Å². The molecule has 4 heteroatoms. The van der Waals surface area contributed by atoms with Crippen LogP contribution in [0.2, 0.25) is 0 Å². The summed E-state index contributed by atoms with van der Waals surface area (Å²) in [6, 6.07) is 12.2. The van der Waals surface area contributed by atoms with Gasteiger partial charge in [-0.3, -0.25) is 4.79 Å². The predicted octanol–water partition coefficient (Wildman–Crippen LogP) is 3.67. The lowest BCUT2D eigenvalue weighted by Crippen LogP contribution is -2.27. The lowest BCUT2D eigenvalue weighted by Gasteiger charge is -2.26. The number of nitrogens with one attached hydrogen (secondary N) is 2. The smallest absolute Gasteiger partial charge is 0.232 e. The number of aryl methyl sites for hydroxylation is 1. The molecule has 0 saturated carbocycles. The summed E-state index contributed by atoms with van der Waals surface area (Å²) in [4.78, 5) is 12.5. The van der Waals surface area contributed by atoms with E-state index in [4.69, 9.17) is 0 Å². The molecule has 0 saturated heterocycles. The van der Waals surface area contributed by atoms with E-state index in [0.29, 0.717) is 5.69 Å². The Balaban J connectivity index is 1.83. The predicted molar refractivity (Wildman–Crippen MR) is 82.1 cm³/mol. The van der Waals surface area contributed by atoms with Gasteiger partial charge in [0.05, 0.1) is 5.92 Å². The number of rotatable bonds is 2. The number of halogens is 1. The zero-order valence-electron chi connectivity index (χ0n) is 11.8. The monoisotopic (exact) mass is 284 g/mol. The summed E-state index contributed by atoms with van der Waals surface area (Å²) in [6.45, 7) is 2.56. The zero-order valence-corrected chi connectivity index (χ0v) is 11.8. The summed E-state index contributed by atoms with van der Waals surface area (Å²) in [6.07, 6.45) is 0.753. The quantitative estimate of drug-likeness (QED) is 0.883. The molecule has 0 spiro atoms. The Kier molecular flexibility index (Phi) is 3.60. The number of hydrogen-bond acceptors (Lipinski definition) is 2. The summed E-state index contributed by atoms with van der Waals surface area (Å²) >= 11 is 0. The first-order valence-electron chi connectivity index (χ1n) is 7.05. The van der Waals surface area contributed by atoms with Gasteiger partial charge in [0.15, 0.2) is 0 Å². The number of para-hydroxylation sites is 1. The maximum absolute atomic E-state index is 13.1. The molecule has 1 heterocycles. The maximum Gasteiger partial charge on any atom is 0.232 e. The van der Waals surface area contributed by atoms with Crippen molar-refractivity contribution in [2.24, 2.45) is 0 Å². The van der Waals surface area contributed by atoms with Crippen LogP contribution in [-0.2, 0) is 4.79 Å². The van der Waals surface area contributed by atoms with Gasteiger partial charge in [-0.1, -0.05) is 18.2 Å². The van der Waals surface area contributed by atoms with Crippen LogP contribution in [0.15, 0.2) is 42.5 Å². The second kappa shape index (κ2) is 5.56. The molecule has 1 amide bonds. The Hall–Kier alpha value is -2.36. The number of hydrogen-bond donors (Lipinski definition) is 2. The summed E-state index contributed by atoms with van der Waals surface area (Å²) < 4.78 is 13.1. The lowest BCUT2D eigenvalue weighted by molar-refractivity contribution is -0.117. The third kappa shape index (κ3) is 2.75. The van der Waals surface area contributed by atoms with Crippen molar-refractivity contribution in [3.8, 4) is 0 Å². The average molecular weight is 284 g/mol.